The quantitative estimate of drug-likeness (QED) is 0.405. The van der Waals surface area contributed by atoms with E-state index in [4.69, 9.17) is 0 Å². The Morgan fingerprint density at radius 2 is 1.54 bits per heavy atom. The van der Waals surface area contributed by atoms with Crippen molar-refractivity contribution in [1.82, 2.24) is 20.9 Å². The topological polar surface area (TPSA) is 104 Å². The first-order chi connectivity index (χ1) is 6.33. The van der Waals surface area contributed by atoms with E-state index < -0.39 is 0 Å². The number of carbonyl (C=O) groups is 1. The summed E-state index contributed by atoms with van der Waals surface area (Å²) in [6, 6.07) is -0.225. The van der Waals surface area contributed by atoms with Gasteiger partial charge in [0.15, 0.2) is 0 Å². The van der Waals surface area contributed by atoms with E-state index >= 15 is 0 Å². The number of hydrogen-bond donors (Lipinski definition) is 4. The molecule has 68 valence electrons. The van der Waals surface area contributed by atoms with E-state index in [-0.39, 0.29) is 18.4 Å². The van der Waals surface area contributed by atoms with E-state index in [2.05, 4.69) is 36.2 Å². The first-order valence-corrected chi connectivity index (χ1v) is 3.75. The highest BCUT2D eigenvalue weighted by Gasteiger charge is 2.37. The Morgan fingerprint density at radius 1 is 1.00 bits per heavy atom. The van der Waals surface area contributed by atoms with Crippen LogP contribution in [0.1, 0.15) is 0 Å². The zero-order chi connectivity index (χ0) is 8.84. The van der Waals surface area contributed by atoms with Gasteiger partial charge in [-0.3, -0.25) is 0 Å². The first-order valence-electron chi connectivity index (χ1n) is 3.75. The number of aromatic nitrogens is 2. The Labute approximate surface area is 72.0 Å². The SMILES string of the molecule is O=C1N[C@@H]2Nc3nonc3N[C@H]2N1. The number of fused-ring (bicyclic) bond motifs is 2. The smallest absolute Gasteiger partial charge is 0.318 e. The Hall–Kier alpha value is -1.99. The summed E-state index contributed by atoms with van der Waals surface area (Å²) < 4.78 is 4.49. The van der Waals surface area contributed by atoms with Gasteiger partial charge in [-0.2, -0.15) is 0 Å². The van der Waals surface area contributed by atoms with Crippen molar-refractivity contribution in [1.29, 1.82) is 0 Å². The van der Waals surface area contributed by atoms with Crippen LogP contribution in [-0.4, -0.2) is 28.7 Å². The molecule has 3 heterocycles. The summed E-state index contributed by atoms with van der Waals surface area (Å²) in [6.45, 7) is 0. The average Bonchev–Trinajstić information content (AvgIpc) is 2.63. The van der Waals surface area contributed by atoms with Crippen LogP contribution in [0, 0.1) is 0 Å². The van der Waals surface area contributed by atoms with Crippen molar-refractivity contribution in [3.05, 3.63) is 0 Å². The summed E-state index contributed by atoms with van der Waals surface area (Å²) in [5.41, 5.74) is 0. The second-order valence-corrected chi connectivity index (χ2v) is 2.82. The van der Waals surface area contributed by atoms with Gasteiger partial charge in [0.05, 0.1) is 0 Å². The highest BCUT2D eigenvalue weighted by Crippen LogP contribution is 2.23. The molecule has 1 aromatic rings. The fraction of sp³-hybridized carbons (Fsp3) is 0.400. The van der Waals surface area contributed by atoms with Crippen LogP contribution in [0.4, 0.5) is 16.4 Å². The van der Waals surface area contributed by atoms with E-state index in [9.17, 15) is 4.79 Å². The van der Waals surface area contributed by atoms with Crippen LogP contribution >= 0.6 is 0 Å². The summed E-state index contributed by atoms with van der Waals surface area (Å²) in [7, 11) is 0. The van der Waals surface area contributed by atoms with Crippen molar-refractivity contribution >= 4 is 17.7 Å². The van der Waals surface area contributed by atoms with Crippen LogP contribution < -0.4 is 21.3 Å². The number of carbonyl (C=O) groups excluding carboxylic acids is 1. The van der Waals surface area contributed by atoms with Gasteiger partial charge in [-0.25, -0.2) is 9.42 Å². The fourth-order valence-electron chi connectivity index (χ4n) is 1.40. The van der Waals surface area contributed by atoms with Crippen LogP contribution in [-0.2, 0) is 0 Å². The van der Waals surface area contributed by atoms with Crippen LogP contribution in [0.15, 0.2) is 4.63 Å². The van der Waals surface area contributed by atoms with Crippen molar-refractivity contribution in [3.63, 3.8) is 0 Å². The van der Waals surface area contributed by atoms with Gasteiger partial charge in [0.1, 0.15) is 12.3 Å². The van der Waals surface area contributed by atoms with Crippen molar-refractivity contribution in [2.75, 3.05) is 10.6 Å². The first kappa shape index (κ1) is 6.52. The molecule has 0 saturated carbocycles. The number of anilines is 2. The molecule has 1 fully saturated rings. The normalized spacial score (nSPS) is 29.1. The van der Waals surface area contributed by atoms with Crippen molar-refractivity contribution in [3.8, 4) is 0 Å². The second-order valence-electron chi connectivity index (χ2n) is 2.82. The molecule has 3 rings (SSSR count). The number of nitrogens with one attached hydrogen (secondary N) is 4. The molecule has 2 atom stereocenters. The molecular formula is C5H6N6O2. The van der Waals surface area contributed by atoms with Gasteiger partial charge in [0.25, 0.3) is 0 Å². The molecule has 0 radical (unpaired) electrons. The third-order valence-corrected chi connectivity index (χ3v) is 1.98. The highest BCUT2D eigenvalue weighted by molar-refractivity contribution is 5.80. The Bertz CT molecular complexity index is 331. The molecule has 1 saturated heterocycles. The molecule has 2 amide bonds. The fourth-order valence-corrected chi connectivity index (χ4v) is 1.40. The lowest BCUT2D eigenvalue weighted by Crippen LogP contribution is -2.48. The van der Waals surface area contributed by atoms with E-state index in [0.717, 1.165) is 0 Å². The third kappa shape index (κ3) is 0.819. The van der Waals surface area contributed by atoms with Crippen molar-refractivity contribution in [2.45, 2.75) is 12.3 Å². The minimum atomic E-state index is -0.225. The van der Waals surface area contributed by atoms with Gasteiger partial charge in [0, 0.05) is 0 Å². The molecule has 0 spiro atoms. The summed E-state index contributed by atoms with van der Waals surface area (Å²) in [5.74, 6) is 1.01. The zero-order valence-electron chi connectivity index (χ0n) is 6.37. The van der Waals surface area contributed by atoms with Crippen LogP contribution in [0.5, 0.6) is 0 Å². The van der Waals surface area contributed by atoms with E-state index in [0.29, 0.717) is 11.6 Å². The minimum absolute atomic E-state index is 0.216. The molecule has 8 nitrogen and oxygen atoms in total. The summed E-state index contributed by atoms with van der Waals surface area (Å²) in [6.07, 6.45) is -0.432. The number of amides is 2. The minimum Gasteiger partial charge on any atom is -0.341 e. The lowest BCUT2D eigenvalue weighted by atomic mass is 10.3. The average molecular weight is 182 g/mol. The lowest BCUT2D eigenvalue weighted by molar-refractivity contribution is 0.247. The molecule has 2 aliphatic rings. The van der Waals surface area contributed by atoms with E-state index in [1.165, 1.54) is 0 Å². The van der Waals surface area contributed by atoms with Gasteiger partial charge >= 0.3 is 6.03 Å². The monoisotopic (exact) mass is 182 g/mol. The molecule has 2 aliphatic heterocycles. The maximum absolute atomic E-state index is 10.9. The van der Waals surface area contributed by atoms with Gasteiger partial charge in [-0.05, 0) is 10.3 Å². The largest absolute Gasteiger partial charge is 0.341 e. The zero-order valence-corrected chi connectivity index (χ0v) is 6.37. The molecule has 0 bridgehead atoms. The lowest BCUT2D eigenvalue weighted by Gasteiger charge is -2.24. The Kier molecular flexibility index (Phi) is 1.02. The van der Waals surface area contributed by atoms with E-state index in [1.807, 2.05) is 0 Å². The Morgan fingerprint density at radius 3 is 2.08 bits per heavy atom. The van der Waals surface area contributed by atoms with Gasteiger partial charge in [-0.1, -0.05) is 0 Å². The molecule has 0 unspecified atom stereocenters. The number of nitrogens with zero attached hydrogens (tertiary/aromatic N) is 2. The molecule has 0 aromatic carbocycles. The molecular weight excluding hydrogens is 176 g/mol. The standard InChI is InChI=1S/C5H6N6O2/c12-5-8-1-2(9-5)7-4-3(6-1)10-13-11-4/h1-2H,(H,6,10)(H,7,11)(H2,8,9,12)/t1-,2-/m0/s1. The van der Waals surface area contributed by atoms with Crippen molar-refractivity contribution in [2.24, 2.45) is 0 Å². The van der Waals surface area contributed by atoms with Crippen molar-refractivity contribution < 1.29 is 9.42 Å². The van der Waals surface area contributed by atoms with Gasteiger partial charge in [0.2, 0.25) is 11.6 Å². The number of urea groups is 1. The molecule has 1 aromatic heterocycles. The maximum atomic E-state index is 10.9. The molecule has 8 heteroatoms. The molecule has 13 heavy (non-hydrogen) atoms. The van der Waals surface area contributed by atoms with E-state index in [1.54, 1.807) is 0 Å². The maximum Gasteiger partial charge on any atom is 0.318 e. The predicted octanol–water partition coefficient (Wildman–Crippen LogP) is -1.13. The van der Waals surface area contributed by atoms with Crippen LogP contribution in [0.3, 0.4) is 0 Å². The molecule has 0 aliphatic carbocycles. The highest BCUT2D eigenvalue weighted by atomic mass is 16.6. The third-order valence-electron chi connectivity index (χ3n) is 1.98. The number of hydrogen-bond acceptors (Lipinski definition) is 6. The number of rotatable bonds is 0. The predicted molar refractivity (Wildman–Crippen MR) is 40.8 cm³/mol. The Balaban J connectivity index is 1.94. The molecule has 4 N–H and O–H groups in total. The van der Waals surface area contributed by atoms with Crippen LogP contribution in [0.2, 0.25) is 0 Å². The van der Waals surface area contributed by atoms with Crippen LogP contribution in [0.25, 0.3) is 0 Å². The van der Waals surface area contributed by atoms with Gasteiger partial charge in [-0.15, -0.1) is 0 Å². The summed E-state index contributed by atoms with van der Waals surface area (Å²) >= 11 is 0. The van der Waals surface area contributed by atoms with Gasteiger partial charge < -0.3 is 21.3 Å². The summed E-state index contributed by atoms with van der Waals surface area (Å²) in [4.78, 5) is 10.9. The summed E-state index contributed by atoms with van der Waals surface area (Å²) in [5, 5.41) is 18.4. The second kappa shape index (κ2) is 2.03.